The largest absolute Gasteiger partial charge is 0.323 e. The Labute approximate surface area is 80.9 Å². The first-order valence-electron chi connectivity index (χ1n) is 3.23. The maximum Gasteiger partial charge on any atom is 0.253 e. The highest BCUT2D eigenvalue weighted by Gasteiger charge is 2.16. The van der Waals surface area contributed by atoms with Crippen molar-refractivity contribution in [3.8, 4) is 0 Å². The summed E-state index contributed by atoms with van der Waals surface area (Å²) in [5.74, 6) is 0. The maximum atomic E-state index is 12.0. The summed E-state index contributed by atoms with van der Waals surface area (Å²) in [6, 6.07) is -1.11. The molecular weight excluding hydrogens is 250 g/mol. The molecule has 0 aromatic carbocycles. The zero-order chi connectivity index (χ0) is 9.14. The zero-order valence-electron chi connectivity index (χ0n) is 6.01. The van der Waals surface area contributed by atoms with E-state index in [4.69, 9.17) is 5.73 Å². The minimum Gasteiger partial charge on any atom is -0.323 e. The average Bonchev–Trinajstić information content (AvgIpc) is 2.35. The van der Waals surface area contributed by atoms with Crippen LogP contribution >= 0.6 is 27.3 Å². The van der Waals surface area contributed by atoms with E-state index < -0.39 is 12.5 Å². The normalized spacial score (nSPS) is 13.8. The summed E-state index contributed by atoms with van der Waals surface area (Å²) < 4.78 is 24.6. The molecule has 6 heteroatoms. The number of rotatable bonds is 3. The van der Waals surface area contributed by atoms with Crippen LogP contribution in [-0.2, 0) is 6.42 Å². The average molecular weight is 257 g/mol. The quantitative estimate of drug-likeness (QED) is 0.899. The van der Waals surface area contributed by atoms with Gasteiger partial charge in [0, 0.05) is 11.8 Å². The summed E-state index contributed by atoms with van der Waals surface area (Å²) in [4.78, 5) is 3.95. The topological polar surface area (TPSA) is 38.9 Å². The molecule has 1 atom stereocenters. The Morgan fingerprint density at radius 2 is 2.33 bits per heavy atom. The number of nitrogens with zero attached hydrogens (tertiary/aromatic N) is 1. The monoisotopic (exact) mass is 256 g/mol. The summed E-state index contributed by atoms with van der Waals surface area (Å²) >= 11 is 4.50. The molecule has 12 heavy (non-hydrogen) atoms. The lowest BCUT2D eigenvalue weighted by Gasteiger charge is -2.06. The summed E-state index contributed by atoms with van der Waals surface area (Å²) in [7, 11) is 0. The van der Waals surface area contributed by atoms with E-state index in [0.29, 0.717) is 9.61 Å². The van der Waals surface area contributed by atoms with E-state index in [1.807, 2.05) is 0 Å². The standard InChI is InChI=1S/C6H7BrF2N2S/c7-6-11-3(2-12-6)1-4(10)5(8)9/h2,4-5H,1,10H2. The third-order valence-electron chi connectivity index (χ3n) is 1.29. The van der Waals surface area contributed by atoms with Gasteiger partial charge in [-0.25, -0.2) is 13.8 Å². The number of hydrogen-bond donors (Lipinski definition) is 1. The second kappa shape index (κ2) is 4.25. The lowest BCUT2D eigenvalue weighted by Crippen LogP contribution is -2.30. The molecule has 1 aromatic rings. The molecule has 0 bridgehead atoms. The van der Waals surface area contributed by atoms with Crippen LogP contribution in [-0.4, -0.2) is 17.5 Å². The van der Waals surface area contributed by atoms with Crippen LogP contribution in [0.5, 0.6) is 0 Å². The summed E-state index contributed by atoms with van der Waals surface area (Å²) in [6.45, 7) is 0. The first-order valence-corrected chi connectivity index (χ1v) is 4.90. The Morgan fingerprint density at radius 1 is 1.67 bits per heavy atom. The van der Waals surface area contributed by atoms with Crippen molar-refractivity contribution in [2.24, 2.45) is 5.73 Å². The van der Waals surface area contributed by atoms with Gasteiger partial charge in [0.2, 0.25) is 0 Å². The highest BCUT2D eigenvalue weighted by atomic mass is 79.9. The Kier molecular flexibility index (Phi) is 3.54. The minimum atomic E-state index is -2.48. The zero-order valence-corrected chi connectivity index (χ0v) is 8.41. The molecule has 0 aliphatic rings. The first-order chi connectivity index (χ1) is 5.59. The molecule has 0 aliphatic carbocycles. The molecule has 2 nitrogen and oxygen atoms in total. The van der Waals surface area contributed by atoms with Crippen LogP contribution in [0.3, 0.4) is 0 Å². The van der Waals surface area contributed by atoms with Gasteiger partial charge < -0.3 is 5.73 Å². The van der Waals surface area contributed by atoms with Crippen LogP contribution in [0.2, 0.25) is 0 Å². The van der Waals surface area contributed by atoms with E-state index in [0.717, 1.165) is 0 Å². The van der Waals surface area contributed by atoms with Gasteiger partial charge in [0.1, 0.15) is 0 Å². The van der Waals surface area contributed by atoms with E-state index in [2.05, 4.69) is 20.9 Å². The van der Waals surface area contributed by atoms with Crippen molar-refractivity contribution in [1.29, 1.82) is 0 Å². The highest BCUT2D eigenvalue weighted by molar-refractivity contribution is 9.11. The van der Waals surface area contributed by atoms with Gasteiger partial charge in [0.05, 0.1) is 11.7 Å². The predicted octanol–water partition coefficient (Wildman–Crippen LogP) is 2.04. The maximum absolute atomic E-state index is 12.0. The van der Waals surface area contributed by atoms with Crippen molar-refractivity contribution < 1.29 is 8.78 Å². The Bertz CT molecular complexity index is 253. The molecule has 2 N–H and O–H groups in total. The molecule has 0 aliphatic heterocycles. The van der Waals surface area contributed by atoms with E-state index in [1.54, 1.807) is 5.38 Å². The van der Waals surface area contributed by atoms with E-state index in [-0.39, 0.29) is 6.42 Å². The second-order valence-corrected chi connectivity index (χ2v) is 4.43. The third kappa shape index (κ3) is 2.76. The fourth-order valence-electron chi connectivity index (χ4n) is 0.707. The number of alkyl halides is 2. The van der Waals surface area contributed by atoms with Crippen LogP contribution in [0.25, 0.3) is 0 Å². The number of aromatic nitrogens is 1. The molecule has 1 heterocycles. The lowest BCUT2D eigenvalue weighted by atomic mass is 10.2. The van der Waals surface area contributed by atoms with E-state index >= 15 is 0 Å². The molecule has 0 amide bonds. The van der Waals surface area contributed by atoms with Gasteiger partial charge in [0.15, 0.2) is 3.92 Å². The SMILES string of the molecule is NC(Cc1csc(Br)n1)C(F)F. The molecular formula is C6H7BrF2N2S. The Morgan fingerprint density at radius 3 is 2.75 bits per heavy atom. The van der Waals surface area contributed by atoms with Crippen LogP contribution in [0.15, 0.2) is 9.30 Å². The fourth-order valence-corrected chi connectivity index (χ4v) is 1.77. The van der Waals surface area contributed by atoms with Crippen LogP contribution in [0.4, 0.5) is 8.78 Å². The Hall–Kier alpha value is -0.0700. The van der Waals surface area contributed by atoms with Crippen molar-refractivity contribution in [3.05, 3.63) is 15.0 Å². The van der Waals surface area contributed by atoms with Crippen LogP contribution in [0.1, 0.15) is 5.69 Å². The Balaban J connectivity index is 2.52. The molecule has 68 valence electrons. The van der Waals surface area contributed by atoms with Crippen molar-refractivity contribution in [1.82, 2.24) is 4.98 Å². The summed E-state index contributed by atoms with van der Waals surface area (Å²) in [5, 5.41) is 1.71. The van der Waals surface area contributed by atoms with E-state index in [9.17, 15) is 8.78 Å². The molecule has 0 fully saturated rings. The molecule has 1 rings (SSSR count). The number of halogens is 3. The molecule has 1 unspecified atom stereocenters. The minimum absolute atomic E-state index is 0.125. The summed E-state index contributed by atoms with van der Waals surface area (Å²) in [5.41, 5.74) is 5.77. The van der Waals surface area contributed by atoms with E-state index in [1.165, 1.54) is 11.3 Å². The second-order valence-electron chi connectivity index (χ2n) is 2.29. The molecule has 0 saturated carbocycles. The number of hydrogen-bond acceptors (Lipinski definition) is 3. The smallest absolute Gasteiger partial charge is 0.253 e. The van der Waals surface area contributed by atoms with Gasteiger partial charge in [-0.1, -0.05) is 0 Å². The number of nitrogens with two attached hydrogens (primary N) is 1. The predicted molar refractivity (Wildman–Crippen MR) is 47.5 cm³/mol. The first kappa shape index (κ1) is 10.0. The molecule has 1 aromatic heterocycles. The molecule has 0 spiro atoms. The van der Waals surface area contributed by atoms with Gasteiger partial charge >= 0.3 is 0 Å². The van der Waals surface area contributed by atoms with Crippen LogP contribution < -0.4 is 5.73 Å². The van der Waals surface area contributed by atoms with Gasteiger partial charge in [-0.2, -0.15) is 0 Å². The summed E-state index contributed by atoms with van der Waals surface area (Å²) in [6.07, 6.45) is -2.36. The van der Waals surface area contributed by atoms with Crippen molar-refractivity contribution in [3.63, 3.8) is 0 Å². The van der Waals surface area contributed by atoms with Gasteiger partial charge in [-0.3, -0.25) is 0 Å². The van der Waals surface area contributed by atoms with Crippen molar-refractivity contribution in [2.45, 2.75) is 18.9 Å². The third-order valence-corrected chi connectivity index (χ3v) is 2.71. The van der Waals surface area contributed by atoms with Gasteiger partial charge in [-0.05, 0) is 15.9 Å². The van der Waals surface area contributed by atoms with Crippen LogP contribution in [0, 0.1) is 0 Å². The van der Waals surface area contributed by atoms with Gasteiger partial charge in [-0.15, -0.1) is 11.3 Å². The van der Waals surface area contributed by atoms with Crippen molar-refractivity contribution in [2.75, 3.05) is 0 Å². The van der Waals surface area contributed by atoms with Gasteiger partial charge in [0.25, 0.3) is 6.43 Å². The number of thiazole rings is 1. The highest BCUT2D eigenvalue weighted by Crippen LogP contribution is 2.17. The fraction of sp³-hybridized carbons (Fsp3) is 0.500. The molecule has 0 saturated heterocycles. The molecule has 0 radical (unpaired) electrons. The lowest BCUT2D eigenvalue weighted by molar-refractivity contribution is 0.115. The van der Waals surface area contributed by atoms with Crippen molar-refractivity contribution >= 4 is 27.3 Å².